The molecule has 0 saturated heterocycles. The van der Waals surface area contributed by atoms with Gasteiger partial charge in [0.1, 0.15) is 0 Å². The molecular weight excluding hydrogens is 228 g/mol. The first kappa shape index (κ1) is 13.7. The first-order chi connectivity index (χ1) is 7.99. The van der Waals surface area contributed by atoms with Gasteiger partial charge in [-0.3, -0.25) is 0 Å². The van der Waals surface area contributed by atoms with Crippen LogP contribution in [0.1, 0.15) is 25.7 Å². The van der Waals surface area contributed by atoms with E-state index >= 15 is 0 Å². The molecule has 7 nitrogen and oxygen atoms in total. The van der Waals surface area contributed by atoms with Gasteiger partial charge in [0.25, 0.3) is 0 Å². The van der Waals surface area contributed by atoms with Crippen LogP contribution in [0, 0.1) is 0 Å². The van der Waals surface area contributed by atoms with Gasteiger partial charge >= 0.3 is 12.0 Å². The second-order valence-electron chi connectivity index (χ2n) is 4.21. The Bertz CT molecular complexity index is 276. The number of aliphatic hydroxyl groups excluding tert-OH is 2. The third kappa shape index (κ3) is 5.01. The van der Waals surface area contributed by atoms with Crippen LogP contribution in [0.15, 0.2) is 0 Å². The topological polar surface area (TPSA) is 119 Å². The standard InChI is InChI=1S/C10H18N2O5/c13-7-3-1-6(2-4-7)12-10(17)11-5-8(14)9(15)16/h6-8,13-14H,1-5H2,(H,15,16)(H2,11,12,17)/t6?,7?,8-/m0/s1. The Morgan fingerprint density at radius 1 is 1.24 bits per heavy atom. The van der Waals surface area contributed by atoms with Crippen molar-refractivity contribution in [3.05, 3.63) is 0 Å². The lowest BCUT2D eigenvalue weighted by atomic mass is 9.93. The van der Waals surface area contributed by atoms with Gasteiger partial charge in [0.05, 0.1) is 12.6 Å². The van der Waals surface area contributed by atoms with E-state index < -0.39 is 18.1 Å². The molecule has 1 aliphatic carbocycles. The average molecular weight is 246 g/mol. The van der Waals surface area contributed by atoms with Crippen LogP contribution in [-0.4, -0.2) is 52.1 Å². The highest BCUT2D eigenvalue weighted by atomic mass is 16.4. The Balaban J connectivity index is 2.19. The van der Waals surface area contributed by atoms with Crippen LogP contribution in [0.2, 0.25) is 0 Å². The molecule has 0 aliphatic heterocycles. The quantitative estimate of drug-likeness (QED) is 0.437. The van der Waals surface area contributed by atoms with Crippen molar-refractivity contribution in [2.75, 3.05) is 6.54 Å². The van der Waals surface area contributed by atoms with Crippen molar-refractivity contribution in [1.29, 1.82) is 0 Å². The highest BCUT2D eigenvalue weighted by Gasteiger charge is 2.21. The number of amides is 2. The minimum Gasteiger partial charge on any atom is -0.479 e. The van der Waals surface area contributed by atoms with Crippen LogP contribution in [0.3, 0.4) is 0 Å². The Kier molecular flexibility index (Phi) is 5.17. The lowest BCUT2D eigenvalue weighted by molar-refractivity contribution is -0.146. The monoisotopic (exact) mass is 246 g/mol. The molecule has 1 fully saturated rings. The maximum Gasteiger partial charge on any atom is 0.334 e. The summed E-state index contributed by atoms with van der Waals surface area (Å²) in [4.78, 5) is 21.6. The highest BCUT2D eigenvalue weighted by molar-refractivity contribution is 5.76. The summed E-state index contributed by atoms with van der Waals surface area (Å²) in [6.07, 6.45) is 0.844. The average Bonchev–Trinajstić information content (AvgIpc) is 2.29. The molecule has 1 aliphatic rings. The van der Waals surface area contributed by atoms with Crippen molar-refractivity contribution < 1.29 is 24.9 Å². The van der Waals surface area contributed by atoms with Gasteiger partial charge in [-0.05, 0) is 25.7 Å². The van der Waals surface area contributed by atoms with E-state index in [0.29, 0.717) is 25.7 Å². The Morgan fingerprint density at radius 3 is 2.35 bits per heavy atom. The molecule has 98 valence electrons. The zero-order valence-corrected chi connectivity index (χ0v) is 9.43. The minimum absolute atomic E-state index is 0.000343. The summed E-state index contributed by atoms with van der Waals surface area (Å²) in [5, 5.41) is 31.6. The second-order valence-corrected chi connectivity index (χ2v) is 4.21. The summed E-state index contributed by atoms with van der Waals surface area (Å²) in [5.74, 6) is -1.37. The summed E-state index contributed by atoms with van der Waals surface area (Å²) < 4.78 is 0. The van der Waals surface area contributed by atoms with E-state index in [1.807, 2.05) is 0 Å². The van der Waals surface area contributed by atoms with Crippen LogP contribution in [0.5, 0.6) is 0 Å². The highest BCUT2D eigenvalue weighted by Crippen LogP contribution is 2.17. The van der Waals surface area contributed by atoms with E-state index in [1.165, 1.54) is 0 Å². The van der Waals surface area contributed by atoms with Crippen molar-refractivity contribution in [1.82, 2.24) is 10.6 Å². The number of hydrogen-bond acceptors (Lipinski definition) is 4. The van der Waals surface area contributed by atoms with Crippen molar-refractivity contribution >= 4 is 12.0 Å². The van der Waals surface area contributed by atoms with Crippen LogP contribution >= 0.6 is 0 Å². The molecule has 0 bridgehead atoms. The molecule has 0 unspecified atom stereocenters. The molecule has 17 heavy (non-hydrogen) atoms. The summed E-state index contributed by atoms with van der Waals surface area (Å²) in [5.41, 5.74) is 0. The maximum absolute atomic E-state index is 11.3. The minimum atomic E-state index is -1.59. The number of carboxylic acid groups (broad SMARTS) is 1. The lowest BCUT2D eigenvalue weighted by Crippen LogP contribution is -2.47. The van der Waals surface area contributed by atoms with Crippen LogP contribution in [-0.2, 0) is 4.79 Å². The largest absolute Gasteiger partial charge is 0.479 e. The lowest BCUT2D eigenvalue weighted by Gasteiger charge is -2.26. The molecular formula is C10H18N2O5. The molecule has 1 saturated carbocycles. The molecule has 2 amide bonds. The van der Waals surface area contributed by atoms with Gasteiger partial charge < -0.3 is 26.0 Å². The van der Waals surface area contributed by atoms with E-state index in [4.69, 9.17) is 10.2 Å². The third-order valence-corrected chi connectivity index (χ3v) is 2.77. The van der Waals surface area contributed by atoms with E-state index in [-0.39, 0.29) is 18.7 Å². The van der Waals surface area contributed by atoms with Gasteiger partial charge in [-0.15, -0.1) is 0 Å². The van der Waals surface area contributed by atoms with E-state index in [9.17, 15) is 14.7 Å². The van der Waals surface area contributed by atoms with Crippen molar-refractivity contribution in [3.63, 3.8) is 0 Å². The zero-order chi connectivity index (χ0) is 12.8. The Labute approximate surface area is 98.8 Å². The number of rotatable bonds is 4. The first-order valence-corrected chi connectivity index (χ1v) is 5.62. The molecule has 0 spiro atoms. The van der Waals surface area contributed by atoms with Gasteiger partial charge in [0, 0.05) is 6.04 Å². The number of aliphatic hydroxyl groups is 2. The molecule has 0 aromatic rings. The van der Waals surface area contributed by atoms with Gasteiger partial charge in [-0.25, -0.2) is 9.59 Å². The zero-order valence-electron chi connectivity index (χ0n) is 9.43. The fourth-order valence-electron chi connectivity index (χ4n) is 1.73. The molecule has 0 aromatic heterocycles. The Morgan fingerprint density at radius 2 is 1.82 bits per heavy atom. The van der Waals surface area contributed by atoms with E-state index in [1.54, 1.807) is 0 Å². The summed E-state index contributed by atoms with van der Waals surface area (Å²) in [7, 11) is 0. The molecule has 0 aromatic carbocycles. The SMILES string of the molecule is O=C(NC[C@H](O)C(=O)O)NC1CCC(O)CC1. The first-order valence-electron chi connectivity index (χ1n) is 5.62. The molecule has 1 rings (SSSR count). The normalized spacial score (nSPS) is 26.0. The van der Waals surface area contributed by atoms with Crippen molar-refractivity contribution in [2.45, 2.75) is 43.9 Å². The summed E-state index contributed by atoms with van der Waals surface area (Å²) in [6.45, 7) is -0.323. The van der Waals surface area contributed by atoms with Gasteiger partial charge in [0.2, 0.25) is 0 Å². The predicted octanol–water partition coefficient (Wildman–Crippen LogP) is -0.965. The number of urea groups is 1. The van der Waals surface area contributed by atoms with Crippen molar-refractivity contribution in [3.8, 4) is 0 Å². The van der Waals surface area contributed by atoms with Crippen LogP contribution < -0.4 is 10.6 Å². The number of carbonyl (C=O) groups excluding carboxylic acids is 1. The molecule has 0 heterocycles. The fourth-order valence-corrected chi connectivity index (χ4v) is 1.73. The third-order valence-electron chi connectivity index (χ3n) is 2.77. The number of carbonyl (C=O) groups is 2. The van der Waals surface area contributed by atoms with E-state index in [0.717, 1.165) is 0 Å². The van der Waals surface area contributed by atoms with Gasteiger partial charge in [0.15, 0.2) is 6.10 Å². The van der Waals surface area contributed by atoms with Gasteiger partial charge in [-0.2, -0.15) is 0 Å². The van der Waals surface area contributed by atoms with Crippen LogP contribution in [0.25, 0.3) is 0 Å². The van der Waals surface area contributed by atoms with Gasteiger partial charge in [-0.1, -0.05) is 0 Å². The number of aliphatic carboxylic acids is 1. The summed E-state index contributed by atoms with van der Waals surface area (Å²) in [6, 6.07) is -0.493. The predicted molar refractivity (Wildman–Crippen MR) is 58.4 cm³/mol. The maximum atomic E-state index is 11.3. The number of nitrogens with one attached hydrogen (secondary N) is 2. The Hall–Kier alpha value is -1.34. The molecule has 5 N–H and O–H groups in total. The number of carboxylic acids is 1. The van der Waals surface area contributed by atoms with E-state index in [2.05, 4.69) is 10.6 Å². The summed E-state index contributed by atoms with van der Waals surface area (Å²) >= 11 is 0. The fraction of sp³-hybridized carbons (Fsp3) is 0.800. The second kappa shape index (κ2) is 6.41. The smallest absolute Gasteiger partial charge is 0.334 e. The molecule has 1 atom stereocenters. The molecule has 7 heteroatoms. The van der Waals surface area contributed by atoms with Crippen LogP contribution in [0.4, 0.5) is 4.79 Å². The van der Waals surface area contributed by atoms with Crippen molar-refractivity contribution in [2.24, 2.45) is 0 Å². The number of hydrogen-bond donors (Lipinski definition) is 5. The molecule has 0 radical (unpaired) electrons.